The molecule has 1 aliphatic heterocycles. The van der Waals surface area contributed by atoms with E-state index in [4.69, 9.17) is 16.3 Å². The number of benzene rings is 3. The SMILES string of the molecule is COCC(=O)N1CCCN(Cc2ccc(Cl)cc2)CCCN(C(=O)CCn2nnc3ccccc32)Cc2ccccc21. The van der Waals surface area contributed by atoms with Crippen LogP contribution in [0.15, 0.2) is 72.8 Å². The minimum atomic E-state index is -0.0952. The molecular formula is C32H37ClN6O3. The molecule has 2 heterocycles. The fourth-order valence-electron chi connectivity index (χ4n) is 5.48. The molecule has 0 fully saturated rings. The summed E-state index contributed by atoms with van der Waals surface area (Å²) in [5, 5.41) is 9.20. The molecule has 220 valence electrons. The summed E-state index contributed by atoms with van der Waals surface area (Å²) in [5.41, 5.74) is 4.67. The van der Waals surface area contributed by atoms with Gasteiger partial charge in [-0.1, -0.05) is 59.3 Å². The van der Waals surface area contributed by atoms with Crippen LogP contribution in [0.1, 0.15) is 30.4 Å². The van der Waals surface area contributed by atoms with Crippen molar-refractivity contribution in [3.63, 3.8) is 0 Å². The zero-order valence-electron chi connectivity index (χ0n) is 24.0. The lowest BCUT2D eigenvalue weighted by Crippen LogP contribution is -2.40. The first-order valence-corrected chi connectivity index (χ1v) is 14.8. The van der Waals surface area contributed by atoms with Crippen molar-refractivity contribution < 1.29 is 14.3 Å². The van der Waals surface area contributed by atoms with Gasteiger partial charge in [0.2, 0.25) is 5.91 Å². The number of carbonyl (C=O) groups excluding carboxylic acids is 2. The topological polar surface area (TPSA) is 83.8 Å². The van der Waals surface area contributed by atoms with Gasteiger partial charge in [-0.3, -0.25) is 14.5 Å². The lowest BCUT2D eigenvalue weighted by atomic mass is 10.1. The van der Waals surface area contributed by atoms with E-state index in [1.54, 1.807) is 4.68 Å². The van der Waals surface area contributed by atoms with Gasteiger partial charge in [-0.05, 0) is 54.3 Å². The number of hydrogen-bond donors (Lipinski definition) is 0. The van der Waals surface area contributed by atoms with Crippen molar-refractivity contribution in [1.29, 1.82) is 0 Å². The molecule has 0 atom stereocenters. The number of methoxy groups -OCH3 is 1. The Bertz CT molecular complexity index is 1490. The molecule has 1 aliphatic rings. The van der Waals surface area contributed by atoms with Gasteiger partial charge in [0.15, 0.2) is 0 Å². The predicted molar refractivity (Wildman–Crippen MR) is 164 cm³/mol. The monoisotopic (exact) mass is 588 g/mol. The number of hydrogen-bond acceptors (Lipinski definition) is 6. The Kier molecular flexibility index (Phi) is 10.2. The molecule has 5 rings (SSSR count). The summed E-state index contributed by atoms with van der Waals surface area (Å²) in [7, 11) is 1.53. The Labute approximate surface area is 251 Å². The number of ether oxygens (including phenoxy) is 1. The maximum Gasteiger partial charge on any atom is 0.252 e. The van der Waals surface area contributed by atoms with E-state index in [1.165, 1.54) is 12.7 Å². The number of aromatic nitrogens is 3. The van der Waals surface area contributed by atoms with Gasteiger partial charge in [-0.25, -0.2) is 4.68 Å². The number of anilines is 1. The van der Waals surface area contributed by atoms with Crippen LogP contribution in [0.5, 0.6) is 0 Å². The predicted octanol–water partition coefficient (Wildman–Crippen LogP) is 4.78. The van der Waals surface area contributed by atoms with Crippen molar-refractivity contribution in [2.75, 3.05) is 44.8 Å². The van der Waals surface area contributed by atoms with Gasteiger partial charge in [0, 0.05) is 63.5 Å². The Hall–Kier alpha value is -3.79. The number of carbonyl (C=O) groups is 2. The van der Waals surface area contributed by atoms with Crippen LogP contribution in [0.3, 0.4) is 0 Å². The summed E-state index contributed by atoms with van der Waals surface area (Å²) >= 11 is 6.11. The number of amides is 2. The number of fused-ring (bicyclic) bond motifs is 2. The highest BCUT2D eigenvalue weighted by Crippen LogP contribution is 2.24. The van der Waals surface area contributed by atoms with Crippen LogP contribution in [0.2, 0.25) is 5.02 Å². The molecule has 10 heteroatoms. The smallest absolute Gasteiger partial charge is 0.252 e. The second-order valence-corrected chi connectivity index (χ2v) is 11.0. The fourth-order valence-corrected chi connectivity index (χ4v) is 5.61. The van der Waals surface area contributed by atoms with Gasteiger partial charge in [0.25, 0.3) is 5.91 Å². The minimum Gasteiger partial charge on any atom is -0.375 e. The highest BCUT2D eigenvalue weighted by atomic mass is 35.5. The van der Waals surface area contributed by atoms with Crippen LogP contribution in [-0.2, 0) is 34.0 Å². The third-order valence-corrected chi connectivity index (χ3v) is 7.85. The molecular weight excluding hydrogens is 552 g/mol. The van der Waals surface area contributed by atoms with E-state index in [1.807, 2.05) is 82.6 Å². The molecule has 0 bridgehead atoms. The number of para-hydroxylation sites is 2. The third-order valence-electron chi connectivity index (χ3n) is 7.60. The summed E-state index contributed by atoms with van der Waals surface area (Å²) in [6, 6.07) is 23.5. The Morgan fingerprint density at radius 3 is 2.43 bits per heavy atom. The van der Waals surface area contributed by atoms with Crippen LogP contribution in [0, 0.1) is 0 Å². The molecule has 9 nitrogen and oxygen atoms in total. The highest BCUT2D eigenvalue weighted by molar-refractivity contribution is 6.30. The fraction of sp³-hybridized carbons (Fsp3) is 0.375. The Morgan fingerprint density at radius 2 is 1.62 bits per heavy atom. The molecule has 0 N–H and O–H groups in total. The van der Waals surface area contributed by atoms with E-state index in [0.717, 1.165) is 54.8 Å². The molecule has 2 amide bonds. The highest BCUT2D eigenvalue weighted by Gasteiger charge is 2.23. The lowest BCUT2D eigenvalue weighted by Gasteiger charge is -2.31. The van der Waals surface area contributed by atoms with E-state index in [2.05, 4.69) is 15.2 Å². The first-order valence-electron chi connectivity index (χ1n) is 14.4. The molecule has 4 aromatic rings. The molecule has 42 heavy (non-hydrogen) atoms. The van der Waals surface area contributed by atoms with Crippen molar-refractivity contribution in [3.8, 4) is 0 Å². The minimum absolute atomic E-state index is 0.00265. The van der Waals surface area contributed by atoms with Crippen molar-refractivity contribution in [1.82, 2.24) is 24.8 Å². The first kappa shape index (κ1) is 29.7. The summed E-state index contributed by atoms with van der Waals surface area (Å²) < 4.78 is 7.01. The van der Waals surface area contributed by atoms with Crippen LogP contribution in [0.25, 0.3) is 11.0 Å². The number of nitrogens with zero attached hydrogens (tertiary/aromatic N) is 6. The van der Waals surface area contributed by atoms with E-state index in [-0.39, 0.29) is 18.4 Å². The van der Waals surface area contributed by atoms with Crippen molar-refractivity contribution in [2.45, 2.75) is 38.9 Å². The van der Waals surface area contributed by atoms with Gasteiger partial charge in [0.1, 0.15) is 12.1 Å². The second-order valence-electron chi connectivity index (χ2n) is 10.6. The Balaban J connectivity index is 1.38. The van der Waals surface area contributed by atoms with Crippen molar-refractivity contribution in [3.05, 3.63) is 88.9 Å². The summed E-state index contributed by atoms with van der Waals surface area (Å²) in [4.78, 5) is 33.0. The van der Waals surface area contributed by atoms with E-state index >= 15 is 0 Å². The molecule has 0 radical (unpaired) electrons. The van der Waals surface area contributed by atoms with Gasteiger partial charge in [-0.15, -0.1) is 5.10 Å². The summed E-state index contributed by atoms with van der Waals surface area (Å²) in [6.07, 6.45) is 1.95. The zero-order valence-corrected chi connectivity index (χ0v) is 24.7. The summed E-state index contributed by atoms with van der Waals surface area (Å²) in [5.74, 6) is -0.0531. The van der Waals surface area contributed by atoms with Gasteiger partial charge < -0.3 is 14.5 Å². The van der Waals surface area contributed by atoms with E-state index in [0.29, 0.717) is 37.6 Å². The van der Waals surface area contributed by atoms with Gasteiger partial charge in [0.05, 0.1) is 12.1 Å². The molecule has 0 aliphatic carbocycles. The molecule has 3 aromatic carbocycles. The first-order chi connectivity index (χ1) is 20.5. The maximum atomic E-state index is 13.7. The van der Waals surface area contributed by atoms with Gasteiger partial charge in [-0.2, -0.15) is 0 Å². The normalized spacial score (nSPS) is 15.2. The van der Waals surface area contributed by atoms with Crippen molar-refractivity contribution in [2.24, 2.45) is 0 Å². The average molecular weight is 589 g/mol. The largest absolute Gasteiger partial charge is 0.375 e. The molecule has 0 unspecified atom stereocenters. The maximum absolute atomic E-state index is 13.7. The van der Waals surface area contributed by atoms with Crippen LogP contribution in [0.4, 0.5) is 5.69 Å². The van der Waals surface area contributed by atoms with Crippen molar-refractivity contribution >= 4 is 40.1 Å². The standard InChI is InChI=1S/C32H37ClN6O3/c1-42-24-32(41)38-20-7-18-36(22-25-12-14-27(33)15-13-25)17-6-19-37(23-26-8-2-4-10-29(26)38)31(40)16-21-39-30-11-5-3-9-28(30)34-35-39/h2-5,8-15H,6-7,16-24H2,1H3. The van der Waals surface area contributed by atoms with E-state index < -0.39 is 0 Å². The van der Waals surface area contributed by atoms with Crippen LogP contribution in [-0.4, -0.2) is 76.5 Å². The molecule has 0 spiro atoms. The number of rotatable bonds is 7. The van der Waals surface area contributed by atoms with Crippen LogP contribution < -0.4 is 4.90 Å². The molecule has 0 saturated carbocycles. The summed E-state index contributed by atoms with van der Waals surface area (Å²) in [6.45, 7) is 4.44. The Morgan fingerprint density at radius 1 is 0.881 bits per heavy atom. The average Bonchev–Trinajstić information content (AvgIpc) is 3.41. The second kappa shape index (κ2) is 14.4. The van der Waals surface area contributed by atoms with Crippen LogP contribution >= 0.6 is 11.6 Å². The van der Waals surface area contributed by atoms with Gasteiger partial charge >= 0.3 is 0 Å². The third kappa shape index (κ3) is 7.53. The zero-order chi connectivity index (χ0) is 29.3. The lowest BCUT2D eigenvalue weighted by molar-refractivity contribution is -0.132. The molecule has 1 aromatic heterocycles. The quantitative estimate of drug-likeness (QED) is 0.309. The number of halogens is 1. The number of aryl methyl sites for hydroxylation is 1. The van der Waals surface area contributed by atoms with E-state index in [9.17, 15) is 9.59 Å². The molecule has 0 saturated heterocycles.